The van der Waals surface area contributed by atoms with Crippen LogP contribution in [0.4, 0.5) is 11.4 Å². The van der Waals surface area contributed by atoms with E-state index in [4.69, 9.17) is 11.6 Å². The minimum atomic E-state index is -0.485. The van der Waals surface area contributed by atoms with Crippen molar-refractivity contribution in [3.05, 3.63) is 75.6 Å². The Kier molecular flexibility index (Phi) is 6.06. The van der Waals surface area contributed by atoms with Gasteiger partial charge in [-0.15, -0.1) is 0 Å². The molecule has 2 aromatic carbocycles. The lowest BCUT2D eigenvalue weighted by Gasteiger charge is -2.18. The first kappa shape index (κ1) is 23.1. The third kappa shape index (κ3) is 4.67. The number of aryl methyl sites for hydroxylation is 4. The number of benzene rings is 2. The number of rotatable bonds is 6. The molecule has 2 amide bonds. The largest absolute Gasteiger partial charge is 0.325 e. The third-order valence-corrected chi connectivity index (χ3v) is 6.55. The van der Waals surface area contributed by atoms with Crippen molar-refractivity contribution in [1.82, 2.24) is 9.78 Å². The first-order valence-electron chi connectivity index (χ1n) is 11.1. The van der Waals surface area contributed by atoms with Crippen LogP contribution in [0.3, 0.4) is 0 Å². The van der Waals surface area contributed by atoms with Crippen molar-refractivity contribution < 1.29 is 9.59 Å². The van der Waals surface area contributed by atoms with Crippen LogP contribution in [-0.2, 0) is 15.0 Å². The van der Waals surface area contributed by atoms with E-state index in [9.17, 15) is 9.59 Å². The molecule has 1 unspecified atom stereocenters. The first-order valence-corrected chi connectivity index (χ1v) is 11.5. The number of carbonyl (C=O) groups is 2. The maximum atomic E-state index is 13.1. The molecule has 33 heavy (non-hydrogen) atoms. The number of aromatic nitrogens is 2. The molecule has 1 aromatic heterocycles. The fourth-order valence-electron chi connectivity index (χ4n) is 4.35. The quantitative estimate of drug-likeness (QED) is 0.495. The second-order valence-corrected chi connectivity index (χ2v) is 9.55. The molecule has 1 aliphatic carbocycles. The molecule has 2 N–H and O–H groups in total. The van der Waals surface area contributed by atoms with E-state index in [-0.39, 0.29) is 11.8 Å². The first-order chi connectivity index (χ1) is 15.6. The van der Waals surface area contributed by atoms with Crippen molar-refractivity contribution in [2.24, 2.45) is 0 Å². The van der Waals surface area contributed by atoms with E-state index >= 15 is 0 Å². The number of nitrogens with one attached hydrogen (secondary N) is 2. The highest BCUT2D eigenvalue weighted by Gasteiger charge is 2.51. The molecule has 7 heteroatoms. The van der Waals surface area contributed by atoms with Gasteiger partial charge in [0, 0.05) is 11.4 Å². The SMILES string of the molecule is Cc1cc(C)cc(C2(C(=O)Nc3ccc(NC(=O)C(C)n4nc(C)cc4C)c(Cl)c3)CC2)c1. The summed E-state index contributed by atoms with van der Waals surface area (Å²) in [6.45, 7) is 9.70. The molecule has 172 valence electrons. The molecule has 1 saturated carbocycles. The molecule has 0 radical (unpaired) electrons. The van der Waals surface area contributed by atoms with Crippen LogP contribution in [0.1, 0.15) is 53.9 Å². The van der Waals surface area contributed by atoms with Gasteiger partial charge in [0.05, 0.1) is 21.8 Å². The summed E-state index contributed by atoms with van der Waals surface area (Å²) in [6.07, 6.45) is 1.65. The molecule has 1 heterocycles. The van der Waals surface area contributed by atoms with E-state index in [0.717, 1.165) is 40.9 Å². The summed E-state index contributed by atoms with van der Waals surface area (Å²) in [7, 11) is 0. The standard InChI is InChI=1S/C26H29ClN4O2/c1-15-10-16(2)12-20(11-15)26(8-9-26)25(33)28-21-6-7-23(22(27)14-21)29-24(32)19(5)31-18(4)13-17(3)30-31/h6-7,10-14,19H,8-9H2,1-5H3,(H,28,33)(H,29,32). The highest BCUT2D eigenvalue weighted by molar-refractivity contribution is 6.34. The van der Waals surface area contributed by atoms with Crippen LogP contribution in [0.5, 0.6) is 0 Å². The van der Waals surface area contributed by atoms with E-state index in [1.165, 1.54) is 0 Å². The second-order valence-electron chi connectivity index (χ2n) is 9.14. The van der Waals surface area contributed by atoms with Gasteiger partial charge in [-0.2, -0.15) is 5.10 Å². The maximum absolute atomic E-state index is 13.1. The van der Waals surface area contributed by atoms with E-state index in [1.807, 2.05) is 33.8 Å². The predicted molar refractivity (Wildman–Crippen MR) is 132 cm³/mol. The molecule has 0 bridgehead atoms. The number of amides is 2. The minimum absolute atomic E-state index is 0.0292. The molecule has 6 nitrogen and oxygen atoms in total. The highest BCUT2D eigenvalue weighted by Crippen LogP contribution is 2.49. The van der Waals surface area contributed by atoms with Crippen LogP contribution in [0.25, 0.3) is 0 Å². The van der Waals surface area contributed by atoms with Gasteiger partial charge in [-0.25, -0.2) is 0 Å². The minimum Gasteiger partial charge on any atom is -0.325 e. The molecule has 0 saturated heterocycles. The number of anilines is 2. The van der Waals surface area contributed by atoms with E-state index in [2.05, 4.69) is 33.9 Å². The number of carbonyl (C=O) groups excluding carboxylic acids is 2. The monoisotopic (exact) mass is 464 g/mol. The van der Waals surface area contributed by atoms with Crippen LogP contribution < -0.4 is 10.6 Å². The highest BCUT2D eigenvalue weighted by atomic mass is 35.5. The summed E-state index contributed by atoms with van der Waals surface area (Å²) in [5.74, 6) is -0.245. The van der Waals surface area contributed by atoms with Crippen LogP contribution >= 0.6 is 11.6 Å². The average Bonchev–Trinajstić information content (AvgIpc) is 3.48. The smallest absolute Gasteiger partial charge is 0.248 e. The van der Waals surface area contributed by atoms with Crippen molar-refractivity contribution in [3.63, 3.8) is 0 Å². The second kappa shape index (κ2) is 8.67. The Morgan fingerprint density at radius 2 is 1.67 bits per heavy atom. The molecule has 0 spiro atoms. The molecule has 4 rings (SSSR count). The molecule has 1 aliphatic rings. The number of halogens is 1. The van der Waals surface area contributed by atoms with Gasteiger partial charge in [-0.05, 0) is 77.3 Å². The third-order valence-electron chi connectivity index (χ3n) is 6.23. The lowest BCUT2D eigenvalue weighted by Crippen LogP contribution is -2.28. The van der Waals surface area contributed by atoms with Gasteiger partial charge in [-0.1, -0.05) is 40.9 Å². The van der Waals surface area contributed by atoms with Gasteiger partial charge in [-0.3, -0.25) is 14.3 Å². The molecular weight excluding hydrogens is 436 g/mol. The average molecular weight is 465 g/mol. The van der Waals surface area contributed by atoms with Gasteiger partial charge in [0.1, 0.15) is 6.04 Å². The van der Waals surface area contributed by atoms with Crippen molar-refractivity contribution in [1.29, 1.82) is 0 Å². The van der Waals surface area contributed by atoms with Crippen LogP contribution in [0.15, 0.2) is 42.5 Å². The van der Waals surface area contributed by atoms with Gasteiger partial charge in [0.25, 0.3) is 0 Å². The van der Waals surface area contributed by atoms with Crippen molar-refractivity contribution in [3.8, 4) is 0 Å². The summed E-state index contributed by atoms with van der Waals surface area (Å²) >= 11 is 6.44. The Labute approximate surface area is 199 Å². The van der Waals surface area contributed by atoms with Crippen molar-refractivity contribution >= 4 is 34.8 Å². The van der Waals surface area contributed by atoms with Crippen LogP contribution in [-0.4, -0.2) is 21.6 Å². The lowest BCUT2D eigenvalue weighted by molar-refractivity contribution is -0.119. The fraction of sp³-hybridized carbons (Fsp3) is 0.346. The van der Waals surface area contributed by atoms with Crippen LogP contribution in [0.2, 0.25) is 5.02 Å². The molecule has 0 aliphatic heterocycles. The van der Waals surface area contributed by atoms with E-state index < -0.39 is 11.5 Å². The Balaban J connectivity index is 1.46. The number of hydrogen-bond donors (Lipinski definition) is 2. The molecule has 1 atom stereocenters. The maximum Gasteiger partial charge on any atom is 0.248 e. The Morgan fingerprint density at radius 1 is 1.00 bits per heavy atom. The molecular formula is C26H29ClN4O2. The topological polar surface area (TPSA) is 76.0 Å². The zero-order valence-electron chi connectivity index (χ0n) is 19.6. The van der Waals surface area contributed by atoms with Gasteiger partial charge >= 0.3 is 0 Å². The Bertz CT molecular complexity index is 1220. The zero-order valence-corrected chi connectivity index (χ0v) is 20.4. The zero-order chi connectivity index (χ0) is 23.9. The lowest BCUT2D eigenvalue weighted by atomic mass is 9.92. The summed E-state index contributed by atoms with van der Waals surface area (Å²) in [5.41, 5.74) is 5.76. The van der Waals surface area contributed by atoms with Gasteiger partial charge < -0.3 is 10.6 Å². The normalized spacial score (nSPS) is 15.1. The van der Waals surface area contributed by atoms with Crippen LogP contribution in [0, 0.1) is 27.7 Å². The number of hydrogen-bond acceptors (Lipinski definition) is 3. The van der Waals surface area contributed by atoms with E-state index in [1.54, 1.807) is 29.8 Å². The number of nitrogens with zero attached hydrogens (tertiary/aromatic N) is 2. The molecule has 3 aromatic rings. The Hall–Kier alpha value is -3.12. The van der Waals surface area contributed by atoms with Gasteiger partial charge in [0.2, 0.25) is 11.8 Å². The summed E-state index contributed by atoms with van der Waals surface area (Å²) < 4.78 is 1.69. The summed E-state index contributed by atoms with van der Waals surface area (Å²) in [5, 5.41) is 10.6. The van der Waals surface area contributed by atoms with Crippen molar-refractivity contribution in [2.45, 2.75) is 58.9 Å². The fourth-order valence-corrected chi connectivity index (χ4v) is 4.58. The van der Waals surface area contributed by atoms with Crippen molar-refractivity contribution in [2.75, 3.05) is 10.6 Å². The van der Waals surface area contributed by atoms with Gasteiger partial charge in [0.15, 0.2) is 0 Å². The predicted octanol–water partition coefficient (Wildman–Crippen LogP) is 5.64. The molecule has 1 fully saturated rings. The van der Waals surface area contributed by atoms with E-state index in [0.29, 0.717) is 16.4 Å². The summed E-state index contributed by atoms with van der Waals surface area (Å²) in [4.78, 5) is 25.9. The Morgan fingerprint density at radius 3 is 2.21 bits per heavy atom. The summed E-state index contributed by atoms with van der Waals surface area (Å²) in [6, 6.07) is 12.9.